The van der Waals surface area contributed by atoms with Crippen molar-refractivity contribution in [1.82, 2.24) is 5.23 Å². The maximum Gasteiger partial charge on any atom is 0.373 e. The maximum absolute atomic E-state index is 12.6. The van der Waals surface area contributed by atoms with Gasteiger partial charge in [-0.15, -0.1) is 0 Å². The van der Waals surface area contributed by atoms with Crippen LogP contribution in [0.25, 0.3) is 0 Å². The van der Waals surface area contributed by atoms with E-state index >= 15 is 0 Å². The largest absolute Gasteiger partial charge is 0.460 e. The zero-order valence-electron chi connectivity index (χ0n) is 15.7. The lowest BCUT2D eigenvalue weighted by atomic mass is 9.85. The standard InChI is InChI=1S/C17H25BN2O6/c1-11-6-7-13(20(24)25)10-14(11)15(21)8-12(19-18(5)23)9-16(22)26-17(2,3)4/h6-7,10,12,19,23H,8-9H2,1-5H3/t12-/m0/s1. The van der Waals surface area contributed by atoms with Crippen LogP contribution in [0.2, 0.25) is 6.82 Å². The Morgan fingerprint density at radius 3 is 2.46 bits per heavy atom. The number of Topliss-reactive ketones (excluding diaryl/α,β-unsaturated/α-hetero) is 1. The van der Waals surface area contributed by atoms with Gasteiger partial charge in [-0.1, -0.05) is 6.07 Å². The molecule has 0 spiro atoms. The third kappa shape index (κ3) is 7.32. The molecule has 0 aromatic heterocycles. The van der Waals surface area contributed by atoms with Gasteiger partial charge in [0.05, 0.1) is 11.3 Å². The lowest BCUT2D eigenvalue weighted by molar-refractivity contribution is -0.384. The van der Waals surface area contributed by atoms with E-state index in [9.17, 15) is 24.7 Å². The van der Waals surface area contributed by atoms with E-state index < -0.39 is 29.6 Å². The van der Waals surface area contributed by atoms with Crippen molar-refractivity contribution in [2.75, 3.05) is 0 Å². The predicted molar refractivity (Wildman–Crippen MR) is 98.0 cm³/mol. The molecule has 0 saturated heterocycles. The van der Waals surface area contributed by atoms with Crippen LogP contribution < -0.4 is 5.23 Å². The zero-order valence-corrected chi connectivity index (χ0v) is 15.7. The van der Waals surface area contributed by atoms with Crippen molar-refractivity contribution in [1.29, 1.82) is 0 Å². The van der Waals surface area contributed by atoms with Gasteiger partial charge in [0.15, 0.2) is 5.78 Å². The average Bonchev–Trinajstić information content (AvgIpc) is 2.44. The number of non-ortho nitro benzene ring substituents is 1. The second-order valence-corrected chi connectivity index (χ2v) is 7.21. The molecule has 0 aliphatic heterocycles. The van der Waals surface area contributed by atoms with Gasteiger partial charge in [0.2, 0.25) is 0 Å². The van der Waals surface area contributed by atoms with Crippen molar-refractivity contribution in [2.45, 2.75) is 59.0 Å². The van der Waals surface area contributed by atoms with Crippen molar-refractivity contribution in [2.24, 2.45) is 0 Å². The summed E-state index contributed by atoms with van der Waals surface area (Å²) >= 11 is 0. The van der Waals surface area contributed by atoms with Crippen LogP contribution >= 0.6 is 0 Å². The second kappa shape index (κ2) is 8.91. The quantitative estimate of drug-likeness (QED) is 0.239. The van der Waals surface area contributed by atoms with Gasteiger partial charge in [0, 0.05) is 30.2 Å². The first kappa shape index (κ1) is 21.8. The van der Waals surface area contributed by atoms with Crippen molar-refractivity contribution >= 4 is 24.5 Å². The fraction of sp³-hybridized carbons (Fsp3) is 0.529. The summed E-state index contributed by atoms with van der Waals surface area (Å²) in [6.07, 6.45) is -0.214. The van der Waals surface area contributed by atoms with Crippen LogP contribution in [-0.2, 0) is 9.53 Å². The van der Waals surface area contributed by atoms with Crippen molar-refractivity contribution in [3.8, 4) is 0 Å². The van der Waals surface area contributed by atoms with Gasteiger partial charge in [0.25, 0.3) is 5.69 Å². The molecule has 0 radical (unpaired) electrons. The van der Waals surface area contributed by atoms with Gasteiger partial charge in [-0.25, -0.2) is 0 Å². The van der Waals surface area contributed by atoms with E-state index in [-0.39, 0.29) is 29.9 Å². The smallest absolute Gasteiger partial charge is 0.373 e. The number of nitro groups is 1. The normalized spacial score (nSPS) is 12.4. The lowest BCUT2D eigenvalue weighted by Gasteiger charge is -2.23. The maximum atomic E-state index is 12.6. The number of rotatable bonds is 8. The van der Waals surface area contributed by atoms with Crippen LogP contribution in [0, 0.1) is 17.0 Å². The van der Waals surface area contributed by atoms with E-state index in [1.807, 2.05) is 0 Å². The Kier molecular flexibility index (Phi) is 7.47. The van der Waals surface area contributed by atoms with Crippen LogP contribution in [0.15, 0.2) is 18.2 Å². The van der Waals surface area contributed by atoms with E-state index in [2.05, 4.69) is 5.23 Å². The summed E-state index contributed by atoms with van der Waals surface area (Å²) in [6.45, 7) is 8.37. The number of benzene rings is 1. The van der Waals surface area contributed by atoms with Gasteiger partial charge in [-0.05, 0) is 40.1 Å². The first-order valence-electron chi connectivity index (χ1n) is 8.33. The molecular weight excluding hydrogens is 339 g/mol. The molecular formula is C17H25BN2O6. The number of hydrogen-bond acceptors (Lipinski definition) is 7. The van der Waals surface area contributed by atoms with Gasteiger partial charge >= 0.3 is 13.0 Å². The van der Waals surface area contributed by atoms with Crippen molar-refractivity contribution in [3.05, 3.63) is 39.4 Å². The zero-order chi connectivity index (χ0) is 20.1. The molecule has 8 nitrogen and oxygen atoms in total. The highest BCUT2D eigenvalue weighted by Crippen LogP contribution is 2.20. The van der Waals surface area contributed by atoms with Gasteiger partial charge in [0.1, 0.15) is 5.60 Å². The minimum absolute atomic E-state index is 0.105. The van der Waals surface area contributed by atoms with E-state index in [0.717, 1.165) is 0 Å². The number of nitro benzene ring substituents is 1. The Morgan fingerprint density at radius 2 is 1.96 bits per heavy atom. The third-order valence-electron chi connectivity index (χ3n) is 3.47. The Labute approximate surface area is 153 Å². The van der Waals surface area contributed by atoms with Crippen LogP contribution in [-0.4, -0.2) is 40.4 Å². The molecule has 9 heteroatoms. The lowest BCUT2D eigenvalue weighted by Crippen LogP contribution is -2.43. The molecule has 2 N–H and O–H groups in total. The fourth-order valence-electron chi connectivity index (χ4n) is 2.47. The third-order valence-corrected chi connectivity index (χ3v) is 3.47. The summed E-state index contributed by atoms with van der Waals surface area (Å²) in [6, 6.07) is 3.41. The number of nitrogens with zero attached hydrogens (tertiary/aromatic N) is 1. The number of hydrogen-bond donors (Lipinski definition) is 2. The number of ketones is 1. The first-order chi connectivity index (χ1) is 11.9. The van der Waals surface area contributed by atoms with E-state index in [4.69, 9.17) is 4.74 Å². The molecule has 0 heterocycles. The predicted octanol–water partition coefficient (Wildman–Crippen LogP) is 2.28. The van der Waals surface area contributed by atoms with Gasteiger partial charge in [-0.2, -0.15) is 0 Å². The monoisotopic (exact) mass is 364 g/mol. The minimum Gasteiger partial charge on any atom is -0.460 e. The summed E-state index contributed by atoms with van der Waals surface area (Å²) in [5, 5.41) is 23.2. The fourth-order valence-corrected chi connectivity index (χ4v) is 2.47. The number of carbonyl (C=O) groups excluding carboxylic acids is 2. The van der Waals surface area contributed by atoms with Crippen molar-refractivity contribution < 1.29 is 24.3 Å². The van der Waals surface area contributed by atoms with Crippen LogP contribution in [0.4, 0.5) is 5.69 Å². The molecule has 0 fully saturated rings. The average molecular weight is 364 g/mol. The number of carbonyl (C=O) groups is 2. The molecule has 142 valence electrons. The topological polar surface area (TPSA) is 119 Å². The summed E-state index contributed by atoms with van der Waals surface area (Å²) in [5.41, 5.74) is -0.00631. The van der Waals surface area contributed by atoms with Crippen LogP contribution in [0.3, 0.4) is 0 Å². The molecule has 0 aliphatic rings. The van der Waals surface area contributed by atoms with E-state index in [1.165, 1.54) is 25.0 Å². The second-order valence-electron chi connectivity index (χ2n) is 7.21. The van der Waals surface area contributed by atoms with Crippen molar-refractivity contribution in [3.63, 3.8) is 0 Å². The summed E-state index contributed by atoms with van der Waals surface area (Å²) in [7, 11) is -0.929. The highest BCUT2D eigenvalue weighted by molar-refractivity contribution is 6.45. The summed E-state index contributed by atoms with van der Waals surface area (Å²) in [5.74, 6) is -0.855. The highest BCUT2D eigenvalue weighted by Gasteiger charge is 2.25. The molecule has 1 aromatic carbocycles. The molecule has 1 rings (SSSR count). The Hall–Kier alpha value is -2.26. The number of esters is 1. The first-order valence-corrected chi connectivity index (χ1v) is 8.33. The Bertz CT molecular complexity index is 684. The van der Waals surface area contributed by atoms with Gasteiger partial charge < -0.3 is 15.0 Å². The number of nitrogens with one attached hydrogen (secondary N) is 1. The van der Waals surface area contributed by atoms with Crippen LogP contribution in [0.1, 0.15) is 49.5 Å². The molecule has 0 bridgehead atoms. The van der Waals surface area contributed by atoms with Gasteiger partial charge in [-0.3, -0.25) is 19.7 Å². The number of aryl methyl sites for hydroxylation is 1. The SMILES string of the molecule is CB(O)N[C@H](CC(=O)OC(C)(C)C)CC(=O)c1cc([N+](=O)[O-])ccc1C. The Morgan fingerprint density at radius 1 is 1.35 bits per heavy atom. The molecule has 1 atom stereocenters. The highest BCUT2D eigenvalue weighted by atomic mass is 16.6. The van der Waals surface area contributed by atoms with E-state index in [1.54, 1.807) is 27.7 Å². The molecule has 0 amide bonds. The molecule has 0 aliphatic carbocycles. The molecule has 26 heavy (non-hydrogen) atoms. The number of ether oxygens (including phenoxy) is 1. The molecule has 0 saturated carbocycles. The Balaban J connectivity index is 2.94. The minimum atomic E-state index is -0.929. The molecule has 1 aromatic rings. The summed E-state index contributed by atoms with van der Waals surface area (Å²) < 4.78 is 5.25. The summed E-state index contributed by atoms with van der Waals surface area (Å²) in [4.78, 5) is 35.0. The van der Waals surface area contributed by atoms with Crippen LogP contribution in [0.5, 0.6) is 0 Å². The molecule has 0 unspecified atom stereocenters. The van der Waals surface area contributed by atoms with E-state index in [0.29, 0.717) is 5.56 Å².